The van der Waals surface area contributed by atoms with Gasteiger partial charge in [0.1, 0.15) is 5.60 Å². The Labute approximate surface area is 115 Å². The van der Waals surface area contributed by atoms with Gasteiger partial charge < -0.3 is 4.74 Å². The minimum absolute atomic E-state index is 0.151. The number of carbonyl (C=O) groups excluding carboxylic acids is 1. The maximum atomic E-state index is 12.3. The summed E-state index contributed by atoms with van der Waals surface area (Å²) in [5.74, 6) is -0.151. The molecule has 0 spiro atoms. The van der Waals surface area contributed by atoms with Crippen LogP contribution in [-0.4, -0.2) is 11.6 Å². The van der Waals surface area contributed by atoms with Crippen molar-refractivity contribution in [2.24, 2.45) is 0 Å². The molecule has 19 heavy (non-hydrogen) atoms. The number of hydrogen-bond acceptors (Lipinski definition) is 2. The number of rotatable bonds is 5. The van der Waals surface area contributed by atoms with Crippen molar-refractivity contribution in [3.05, 3.63) is 41.0 Å². The molecule has 102 valence electrons. The molecular formula is C17H22O2. The van der Waals surface area contributed by atoms with E-state index in [9.17, 15) is 4.79 Å². The van der Waals surface area contributed by atoms with Crippen LogP contribution in [0.1, 0.15) is 51.2 Å². The third-order valence-corrected chi connectivity index (χ3v) is 4.27. The first-order valence-electron chi connectivity index (χ1n) is 7.16. The highest BCUT2D eigenvalue weighted by Gasteiger charge is 2.30. The fourth-order valence-corrected chi connectivity index (χ4v) is 2.64. The molecule has 0 unspecified atom stereocenters. The molecule has 0 saturated heterocycles. The van der Waals surface area contributed by atoms with E-state index < -0.39 is 0 Å². The maximum absolute atomic E-state index is 12.3. The lowest BCUT2D eigenvalue weighted by atomic mass is 9.94. The summed E-state index contributed by atoms with van der Waals surface area (Å²) in [6.45, 7) is 6.24. The monoisotopic (exact) mass is 258 g/mol. The van der Waals surface area contributed by atoms with Crippen LogP contribution in [0.4, 0.5) is 0 Å². The standard InChI is InChI=1S/C17H22O2/c1-4-17(5-2,6-3)19-16(18)15-11-13-9-7-8-10-14(13)12-15/h7-11H,4-6,12H2,1-3H3. The number of hydrogen-bond donors (Lipinski definition) is 0. The van der Waals surface area contributed by atoms with Crippen LogP contribution < -0.4 is 0 Å². The zero-order valence-electron chi connectivity index (χ0n) is 12.0. The van der Waals surface area contributed by atoms with E-state index in [0.717, 1.165) is 30.4 Å². The number of benzene rings is 1. The van der Waals surface area contributed by atoms with E-state index in [2.05, 4.69) is 26.8 Å². The summed E-state index contributed by atoms with van der Waals surface area (Å²) in [5, 5.41) is 0. The Hall–Kier alpha value is -1.57. The number of esters is 1. The number of ether oxygens (including phenoxy) is 1. The van der Waals surface area contributed by atoms with E-state index in [1.54, 1.807) is 0 Å². The maximum Gasteiger partial charge on any atom is 0.334 e. The first-order chi connectivity index (χ1) is 9.14. The average molecular weight is 258 g/mol. The highest BCUT2D eigenvalue weighted by Crippen LogP contribution is 2.30. The molecule has 1 aromatic carbocycles. The highest BCUT2D eigenvalue weighted by atomic mass is 16.6. The second-order valence-electron chi connectivity index (χ2n) is 5.18. The van der Waals surface area contributed by atoms with Crippen LogP contribution in [0, 0.1) is 0 Å². The second kappa shape index (κ2) is 5.60. The molecule has 1 aromatic rings. The third kappa shape index (κ3) is 2.73. The summed E-state index contributed by atoms with van der Waals surface area (Å²) < 4.78 is 5.79. The lowest BCUT2D eigenvalue weighted by Crippen LogP contribution is -2.33. The van der Waals surface area contributed by atoms with E-state index in [1.807, 2.05) is 24.3 Å². The largest absolute Gasteiger partial charge is 0.456 e. The van der Waals surface area contributed by atoms with Crippen molar-refractivity contribution in [1.29, 1.82) is 0 Å². The molecule has 2 rings (SSSR count). The zero-order valence-corrected chi connectivity index (χ0v) is 12.0. The van der Waals surface area contributed by atoms with Crippen molar-refractivity contribution in [3.63, 3.8) is 0 Å². The molecule has 2 heteroatoms. The molecular weight excluding hydrogens is 236 g/mol. The van der Waals surface area contributed by atoms with Crippen molar-refractivity contribution in [2.45, 2.75) is 52.1 Å². The molecule has 0 saturated carbocycles. The van der Waals surface area contributed by atoms with Gasteiger partial charge in [-0.25, -0.2) is 4.79 Å². The third-order valence-electron chi connectivity index (χ3n) is 4.27. The van der Waals surface area contributed by atoms with E-state index in [4.69, 9.17) is 4.74 Å². The summed E-state index contributed by atoms with van der Waals surface area (Å²) in [6, 6.07) is 8.12. The normalized spacial score (nSPS) is 13.9. The smallest absolute Gasteiger partial charge is 0.334 e. The van der Waals surface area contributed by atoms with E-state index in [1.165, 1.54) is 5.56 Å². The minimum atomic E-state index is -0.299. The summed E-state index contributed by atoms with van der Waals surface area (Å²) in [6.07, 6.45) is 5.26. The van der Waals surface area contributed by atoms with Crippen molar-refractivity contribution in [2.75, 3.05) is 0 Å². The Morgan fingerprint density at radius 2 is 1.79 bits per heavy atom. The van der Waals surface area contributed by atoms with Crippen LogP contribution in [0.3, 0.4) is 0 Å². The molecule has 2 nitrogen and oxygen atoms in total. The molecule has 0 atom stereocenters. The van der Waals surface area contributed by atoms with Gasteiger partial charge in [0.05, 0.1) is 0 Å². The minimum Gasteiger partial charge on any atom is -0.456 e. The molecule has 0 aliphatic heterocycles. The summed E-state index contributed by atoms with van der Waals surface area (Å²) in [7, 11) is 0. The van der Waals surface area contributed by atoms with Gasteiger partial charge >= 0.3 is 5.97 Å². The molecule has 1 aliphatic carbocycles. The van der Waals surface area contributed by atoms with Crippen LogP contribution >= 0.6 is 0 Å². The van der Waals surface area contributed by atoms with E-state index in [0.29, 0.717) is 6.42 Å². The van der Waals surface area contributed by atoms with Gasteiger partial charge in [0.2, 0.25) is 0 Å². The fraction of sp³-hybridized carbons (Fsp3) is 0.471. The Bertz CT molecular complexity index is 487. The van der Waals surface area contributed by atoms with Crippen molar-refractivity contribution in [1.82, 2.24) is 0 Å². The van der Waals surface area contributed by atoms with Crippen molar-refractivity contribution in [3.8, 4) is 0 Å². The van der Waals surface area contributed by atoms with Crippen LogP contribution in [0.5, 0.6) is 0 Å². The quantitative estimate of drug-likeness (QED) is 0.742. The van der Waals surface area contributed by atoms with Gasteiger partial charge in [-0.3, -0.25) is 0 Å². The Morgan fingerprint density at radius 3 is 2.37 bits per heavy atom. The van der Waals surface area contributed by atoms with Gasteiger partial charge in [-0.15, -0.1) is 0 Å². The van der Waals surface area contributed by atoms with Crippen LogP contribution in [0.25, 0.3) is 6.08 Å². The van der Waals surface area contributed by atoms with Crippen molar-refractivity contribution < 1.29 is 9.53 Å². The van der Waals surface area contributed by atoms with E-state index in [-0.39, 0.29) is 11.6 Å². The number of carbonyl (C=O) groups is 1. The first kappa shape index (κ1) is 13.9. The second-order valence-corrected chi connectivity index (χ2v) is 5.18. The molecule has 0 bridgehead atoms. The topological polar surface area (TPSA) is 26.3 Å². The van der Waals surface area contributed by atoms with Crippen LogP contribution in [-0.2, 0) is 16.0 Å². The summed E-state index contributed by atoms with van der Waals surface area (Å²) in [5.41, 5.74) is 2.84. The van der Waals surface area contributed by atoms with Crippen LogP contribution in [0.15, 0.2) is 29.8 Å². The Kier molecular flexibility index (Phi) is 4.08. The average Bonchev–Trinajstić information content (AvgIpc) is 2.89. The Balaban J connectivity index is 2.11. The molecule has 0 radical (unpaired) electrons. The SMILES string of the molecule is CCC(CC)(CC)OC(=O)C1=Cc2ccccc2C1. The predicted octanol–water partition coefficient (Wildman–Crippen LogP) is 4.14. The lowest BCUT2D eigenvalue weighted by molar-refractivity contribution is -0.156. The predicted molar refractivity (Wildman–Crippen MR) is 77.8 cm³/mol. The van der Waals surface area contributed by atoms with Gasteiger partial charge in [0.25, 0.3) is 0 Å². The zero-order chi connectivity index (χ0) is 13.9. The van der Waals surface area contributed by atoms with E-state index >= 15 is 0 Å². The highest BCUT2D eigenvalue weighted by molar-refractivity contribution is 5.96. The molecule has 0 heterocycles. The van der Waals surface area contributed by atoms with Gasteiger partial charge in [0.15, 0.2) is 0 Å². The van der Waals surface area contributed by atoms with Crippen LogP contribution in [0.2, 0.25) is 0 Å². The molecule has 1 aliphatic rings. The Morgan fingerprint density at radius 1 is 1.16 bits per heavy atom. The lowest BCUT2D eigenvalue weighted by Gasteiger charge is -2.30. The van der Waals surface area contributed by atoms with Gasteiger partial charge in [-0.1, -0.05) is 45.0 Å². The molecule has 0 N–H and O–H groups in total. The first-order valence-corrected chi connectivity index (χ1v) is 7.16. The van der Waals surface area contributed by atoms with Gasteiger partial charge in [0, 0.05) is 12.0 Å². The van der Waals surface area contributed by atoms with Crippen molar-refractivity contribution >= 4 is 12.0 Å². The fourth-order valence-electron chi connectivity index (χ4n) is 2.64. The summed E-state index contributed by atoms with van der Waals surface area (Å²) in [4.78, 5) is 12.3. The molecule has 0 fully saturated rings. The van der Waals surface area contributed by atoms with Gasteiger partial charge in [-0.2, -0.15) is 0 Å². The number of fused-ring (bicyclic) bond motifs is 1. The molecule has 0 amide bonds. The van der Waals surface area contributed by atoms with Gasteiger partial charge in [-0.05, 0) is 36.5 Å². The summed E-state index contributed by atoms with van der Waals surface area (Å²) >= 11 is 0. The molecule has 0 aromatic heterocycles.